The third-order valence-corrected chi connectivity index (χ3v) is 10.7. The maximum atomic E-state index is 14.4. The lowest BCUT2D eigenvalue weighted by molar-refractivity contribution is -0.122. The number of ether oxygens (including phenoxy) is 1. The van der Waals surface area contributed by atoms with Crippen LogP contribution in [-0.2, 0) is 16.2 Å². The first-order valence-electron chi connectivity index (χ1n) is 16.9. The van der Waals surface area contributed by atoms with Gasteiger partial charge in [-0.15, -0.1) is 0 Å². The summed E-state index contributed by atoms with van der Waals surface area (Å²) in [5.74, 6) is -0.839. The Hall–Kier alpha value is -5.18. The SMILES string of the molecule is O=C1NC(=O)N(c2cc3c4c(c2)[C@H](c2ccccc2)CCN4CC[C@@H]3c2ccccc2)C(=O)/C1=C/c1cc(Br)ccc1OCc1ccc(Cl)cc1. The molecule has 0 spiro atoms. The van der Waals surface area contributed by atoms with E-state index in [1.807, 2.05) is 66.7 Å². The van der Waals surface area contributed by atoms with Crippen LogP contribution in [0.4, 0.5) is 16.2 Å². The van der Waals surface area contributed by atoms with Crippen LogP contribution >= 0.6 is 27.5 Å². The Morgan fingerprint density at radius 3 is 2.00 bits per heavy atom. The second-order valence-electron chi connectivity index (χ2n) is 13.0. The van der Waals surface area contributed by atoms with Gasteiger partial charge in [0, 0.05) is 45.7 Å². The zero-order valence-corrected chi connectivity index (χ0v) is 29.9. The molecule has 0 aromatic heterocycles. The molecule has 3 aliphatic rings. The van der Waals surface area contributed by atoms with Crippen LogP contribution in [0, 0.1) is 0 Å². The highest BCUT2D eigenvalue weighted by atomic mass is 79.9. The third-order valence-electron chi connectivity index (χ3n) is 9.94. The zero-order valence-electron chi connectivity index (χ0n) is 27.5. The highest BCUT2D eigenvalue weighted by molar-refractivity contribution is 9.10. The number of urea groups is 1. The summed E-state index contributed by atoms with van der Waals surface area (Å²) < 4.78 is 6.88. The summed E-state index contributed by atoms with van der Waals surface area (Å²) in [6, 6.07) is 36.6. The predicted octanol–water partition coefficient (Wildman–Crippen LogP) is 9.23. The van der Waals surface area contributed by atoms with Gasteiger partial charge in [-0.25, -0.2) is 9.69 Å². The maximum Gasteiger partial charge on any atom is 0.335 e. The predicted molar refractivity (Wildman–Crippen MR) is 203 cm³/mol. The minimum Gasteiger partial charge on any atom is -0.488 e. The molecule has 7 nitrogen and oxygen atoms in total. The summed E-state index contributed by atoms with van der Waals surface area (Å²) in [6.07, 6.45) is 3.30. The summed E-state index contributed by atoms with van der Waals surface area (Å²) in [5.41, 5.74) is 7.38. The molecule has 1 N–H and O–H groups in total. The van der Waals surface area contributed by atoms with E-state index in [4.69, 9.17) is 16.3 Å². The Kier molecular flexibility index (Phi) is 8.96. The molecule has 8 rings (SSSR count). The number of hydrogen-bond donors (Lipinski definition) is 1. The van der Waals surface area contributed by atoms with E-state index < -0.39 is 17.8 Å². The van der Waals surface area contributed by atoms with Gasteiger partial charge in [-0.05, 0) is 89.2 Å². The summed E-state index contributed by atoms with van der Waals surface area (Å²) in [7, 11) is 0. The van der Waals surface area contributed by atoms with E-state index in [1.54, 1.807) is 24.3 Å². The Morgan fingerprint density at radius 1 is 0.784 bits per heavy atom. The van der Waals surface area contributed by atoms with Gasteiger partial charge in [0.15, 0.2) is 0 Å². The van der Waals surface area contributed by atoms with Crippen LogP contribution in [0.2, 0.25) is 5.02 Å². The van der Waals surface area contributed by atoms with Gasteiger partial charge in [0.2, 0.25) is 0 Å². The van der Waals surface area contributed by atoms with Crippen molar-refractivity contribution in [3.05, 3.63) is 164 Å². The quantitative estimate of drug-likeness (QED) is 0.132. The van der Waals surface area contributed by atoms with Gasteiger partial charge in [0.05, 0.1) is 5.69 Å². The fraction of sp³-hybridized carbons (Fsp3) is 0.167. The molecule has 0 unspecified atom stereocenters. The van der Waals surface area contributed by atoms with E-state index >= 15 is 0 Å². The molecule has 1 fully saturated rings. The average molecular weight is 759 g/mol. The first-order valence-corrected chi connectivity index (χ1v) is 18.1. The largest absolute Gasteiger partial charge is 0.488 e. The van der Waals surface area contributed by atoms with Crippen molar-refractivity contribution in [2.24, 2.45) is 0 Å². The summed E-state index contributed by atoms with van der Waals surface area (Å²) in [6.45, 7) is 2.08. The zero-order chi connectivity index (χ0) is 35.1. The molecule has 254 valence electrons. The molecular formula is C42H33BrClN3O4. The molecule has 0 bridgehead atoms. The molecule has 0 aliphatic carbocycles. The number of rotatable bonds is 7. The third kappa shape index (κ3) is 6.46. The van der Waals surface area contributed by atoms with Crippen molar-refractivity contribution in [3.63, 3.8) is 0 Å². The highest BCUT2D eigenvalue weighted by Crippen LogP contribution is 2.50. The molecule has 5 aromatic rings. The van der Waals surface area contributed by atoms with Crippen molar-refractivity contribution >= 4 is 62.8 Å². The van der Waals surface area contributed by atoms with Crippen molar-refractivity contribution in [3.8, 4) is 5.75 Å². The number of carbonyl (C=O) groups is 3. The van der Waals surface area contributed by atoms with Crippen LogP contribution in [0.5, 0.6) is 5.75 Å². The maximum absolute atomic E-state index is 14.4. The Morgan fingerprint density at radius 2 is 1.39 bits per heavy atom. The number of anilines is 2. The van der Waals surface area contributed by atoms with E-state index in [0.29, 0.717) is 22.0 Å². The number of amides is 4. The van der Waals surface area contributed by atoms with Gasteiger partial charge in [0.1, 0.15) is 17.9 Å². The van der Waals surface area contributed by atoms with Crippen LogP contribution in [0.1, 0.15) is 58.1 Å². The van der Waals surface area contributed by atoms with Crippen molar-refractivity contribution in [1.82, 2.24) is 5.32 Å². The smallest absolute Gasteiger partial charge is 0.335 e. The first kappa shape index (κ1) is 33.0. The summed E-state index contributed by atoms with van der Waals surface area (Å²) in [5, 5.41) is 3.06. The van der Waals surface area contributed by atoms with Crippen LogP contribution in [-0.4, -0.2) is 30.9 Å². The van der Waals surface area contributed by atoms with Crippen LogP contribution in [0.25, 0.3) is 6.08 Å². The molecule has 3 aliphatic heterocycles. The molecule has 1 saturated heterocycles. The monoisotopic (exact) mass is 757 g/mol. The molecule has 51 heavy (non-hydrogen) atoms. The number of imide groups is 2. The van der Waals surface area contributed by atoms with Crippen molar-refractivity contribution in [2.45, 2.75) is 31.3 Å². The fourth-order valence-corrected chi connectivity index (χ4v) is 8.03. The summed E-state index contributed by atoms with van der Waals surface area (Å²) in [4.78, 5) is 45.0. The minimum atomic E-state index is -0.779. The number of nitrogens with one attached hydrogen (secondary N) is 1. The topological polar surface area (TPSA) is 79.0 Å². The van der Waals surface area contributed by atoms with Gasteiger partial charge in [-0.2, -0.15) is 0 Å². The van der Waals surface area contributed by atoms with Crippen LogP contribution < -0.4 is 19.9 Å². The number of halogens is 2. The van der Waals surface area contributed by atoms with Gasteiger partial charge in [0.25, 0.3) is 11.8 Å². The molecule has 0 radical (unpaired) electrons. The number of carbonyl (C=O) groups excluding carboxylic acids is 3. The highest BCUT2D eigenvalue weighted by Gasteiger charge is 2.40. The Labute approximate surface area is 309 Å². The number of hydrogen-bond acceptors (Lipinski definition) is 5. The minimum absolute atomic E-state index is 0.0762. The first-order chi connectivity index (χ1) is 24.8. The molecule has 9 heteroatoms. The molecule has 3 heterocycles. The molecular weight excluding hydrogens is 726 g/mol. The van der Waals surface area contributed by atoms with Gasteiger partial charge in [-0.1, -0.05) is 100 Å². The number of barbiturate groups is 1. The second-order valence-corrected chi connectivity index (χ2v) is 14.4. The lowest BCUT2D eigenvalue weighted by Gasteiger charge is -2.44. The lowest BCUT2D eigenvalue weighted by atomic mass is 9.76. The van der Waals surface area contributed by atoms with Gasteiger partial charge >= 0.3 is 6.03 Å². The van der Waals surface area contributed by atoms with Crippen molar-refractivity contribution < 1.29 is 19.1 Å². The Balaban J connectivity index is 1.21. The molecule has 2 atom stereocenters. The lowest BCUT2D eigenvalue weighted by Crippen LogP contribution is -2.54. The van der Waals surface area contributed by atoms with Crippen molar-refractivity contribution in [1.29, 1.82) is 0 Å². The molecule has 5 aromatic carbocycles. The van der Waals surface area contributed by atoms with Crippen LogP contribution in [0.15, 0.2) is 125 Å². The summed E-state index contributed by atoms with van der Waals surface area (Å²) >= 11 is 9.56. The van der Waals surface area contributed by atoms with E-state index in [2.05, 4.69) is 50.4 Å². The van der Waals surface area contributed by atoms with Gasteiger partial charge in [-0.3, -0.25) is 14.9 Å². The van der Waals surface area contributed by atoms with E-state index in [9.17, 15) is 14.4 Å². The number of nitrogens with zero attached hydrogens (tertiary/aromatic N) is 2. The normalized spacial score (nSPS) is 19.2. The molecule has 0 saturated carbocycles. The van der Waals surface area contributed by atoms with Crippen molar-refractivity contribution in [2.75, 3.05) is 22.9 Å². The Bertz CT molecular complexity index is 2120. The van der Waals surface area contributed by atoms with Gasteiger partial charge < -0.3 is 9.64 Å². The van der Waals surface area contributed by atoms with Crippen LogP contribution in [0.3, 0.4) is 0 Å². The van der Waals surface area contributed by atoms with E-state index in [-0.39, 0.29) is 24.0 Å². The fourth-order valence-electron chi connectivity index (χ4n) is 7.52. The number of benzene rings is 5. The molecule has 4 amide bonds. The average Bonchev–Trinajstić information content (AvgIpc) is 3.14. The van der Waals surface area contributed by atoms with E-state index in [1.165, 1.54) is 22.9 Å². The standard InChI is InChI=1S/C42H33BrClN3O4/c43-30-13-16-38(51-25-26-11-14-31(44)15-12-26)29(21-30)22-37-40(48)45-42(50)47(41(37)49)32-23-35-33(27-7-3-1-4-8-27)17-19-46-20-18-34(36(24-32)39(35)46)28-9-5-2-6-10-28/h1-16,21-24,33-34H,17-20,25H2,(H,45,48,50)/b37-22+/t33-,34+. The van der Waals surface area contributed by atoms with E-state index in [0.717, 1.165) is 52.0 Å². The second kappa shape index (κ2) is 13.9.